The van der Waals surface area contributed by atoms with E-state index in [0.29, 0.717) is 5.92 Å². The number of nitrogens with one attached hydrogen (secondary N) is 1. The Kier molecular flexibility index (Phi) is 5.37. The number of benzene rings is 1. The molecule has 0 atom stereocenters. The molecule has 1 heterocycles. The van der Waals surface area contributed by atoms with Crippen LogP contribution in [0.1, 0.15) is 29.9 Å². The molecule has 3 nitrogen and oxygen atoms in total. The van der Waals surface area contributed by atoms with Crippen LogP contribution in [0, 0.1) is 19.8 Å². The van der Waals surface area contributed by atoms with Gasteiger partial charge in [0.2, 0.25) is 0 Å². The number of hydrogen-bond acceptors (Lipinski definition) is 4. The first-order chi connectivity index (χ1) is 9.95. The highest BCUT2D eigenvalue weighted by Crippen LogP contribution is 2.29. The summed E-state index contributed by atoms with van der Waals surface area (Å²) < 4.78 is 0. The number of nitrogens with zero attached hydrogens (tertiary/aromatic N) is 2. The third-order valence-corrected chi connectivity index (χ3v) is 4.35. The Morgan fingerprint density at radius 3 is 2.48 bits per heavy atom. The minimum atomic E-state index is 0.676. The quantitative estimate of drug-likeness (QED) is 0.863. The molecule has 0 aliphatic heterocycles. The lowest BCUT2D eigenvalue weighted by atomic mass is 10.1. The van der Waals surface area contributed by atoms with Crippen molar-refractivity contribution in [2.45, 2.75) is 34.2 Å². The highest BCUT2D eigenvalue weighted by Gasteiger charge is 2.10. The topological polar surface area (TPSA) is 28.2 Å². The minimum absolute atomic E-state index is 0.676. The van der Waals surface area contributed by atoms with Crippen molar-refractivity contribution in [1.29, 1.82) is 0 Å². The number of rotatable bonds is 6. The highest BCUT2D eigenvalue weighted by atomic mass is 32.1. The Morgan fingerprint density at radius 1 is 1.19 bits per heavy atom. The van der Waals surface area contributed by atoms with E-state index in [1.54, 1.807) is 11.3 Å². The normalized spacial score (nSPS) is 11.1. The fourth-order valence-electron chi connectivity index (χ4n) is 2.27. The molecule has 114 valence electrons. The summed E-state index contributed by atoms with van der Waals surface area (Å²) in [5.74, 6) is 0.676. The van der Waals surface area contributed by atoms with Crippen LogP contribution in [0.5, 0.6) is 0 Å². The van der Waals surface area contributed by atoms with Gasteiger partial charge in [-0.05, 0) is 49.6 Å². The molecule has 0 saturated heterocycles. The third-order valence-electron chi connectivity index (χ3n) is 3.27. The lowest BCUT2D eigenvalue weighted by Crippen LogP contribution is -2.18. The Bertz CT molecular complexity index is 569. The maximum Gasteiger partial charge on any atom is 0.189 e. The molecule has 0 spiro atoms. The monoisotopic (exact) mass is 303 g/mol. The second-order valence-corrected chi connectivity index (χ2v) is 7.13. The Morgan fingerprint density at radius 2 is 1.86 bits per heavy atom. The maximum absolute atomic E-state index is 4.55. The molecule has 1 aromatic carbocycles. The van der Waals surface area contributed by atoms with E-state index in [-0.39, 0.29) is 0 Å². The van der Waals surface area contributed by atoms with E-state index in [0.717, 1.165) is 18.2 Å². The summed E-state index contributed by atoms with van der Waals surface area (Å²) in [5.41, 5.74) is 3.77. The zero-order chi connectivity index (χ0) is 15.4. The first kappa shape index (κ1) is 16.0. The maximum atomic E-state index is 4.55. The number of aryl methyl sites for hydroxylation is 2. The SMILES string of the molecule is Cc1cc(C)cc(N(C)c2ncc(CNCC(C)C)s2)c1. The average Bonchev–Trinajstić information content (AvgIpc) is 2.85. The highest BCUT2D eigenvalue weighted by molar-refractivity contribution is 7.15. The van der Waals surface area contributed by atoms with Gasteiger partial charge in [-0.25, -0.2) is 4.98 Å². The van der Waals surface area contributed by atoms with E-state index in [1.165, 1.54) is 21.7 Å². The molecular formula is C17H25N3S. The zero-order valence-corrected chi connectivity index (χ0v) is 14.4. The van der Waals surface area contributed by atoms with Gasteiger partial charge in [0.25, 0.3) is 0 Å². The van der Waals surface area contributed by atoms with Crippen molar-refractivity contribution in [3.63, 3.8) is 0 Å². The van der Waals surface area contributed by atoms with Crippen LogP contribution in [-0.4, -0.2) is 18.6 Å². The molecule has 4 heteroatoms. The van der Waals surface area contributed by atoms with Gasteiger partial charge in [-0.1, -0.05) is 19.9 Å². The van der Waals surface area contributed by atoms with Crippen LogP contribution in [0.4, 0.5) is 10.8 Å². The summed E-state index contributed by atoms with van der Waals surface area (Å²) in [7, 11) is 2.08. The first-order valence-electron chi connectivity index (χ1n) is 7.43. The van der Waals surface area contributed by atoms with Gasteiger partial charge < -0.3 is 10.2 Å². The second kappa shape index (κ2) is 7.05. The molecule has 2 rings (SSSR count). The number of aromatic nitrogens is 1. The Labute approximate surface area is 132 Å². The lowest BCUT2D eigenvalue weighted by molar-refractivity contribution is 0.554. The van der Waals surface area contributed by atoms with Crippen molar-refractivity contribution in [3.05, 3.63) is 40.4 Å². The Balaban J connectivity index is 2.06. The molecule has 0 radical (unpaired) electrons. The lowest BCUT2D eigenvalue weighted by Gasteiger charge is -2.17. The van der Waals surface area contributed by atoms with E-state index in [4.69, 9.17) is 0 Å². The predicted molar refractivity (Wildman–Crippen MR) is 92.6 cm³/mol. The number of hydrogen-bond donors (Lipinski definition) is 1. The fraction of sp³-hybridized carbons (Fsp3) is 0.471. The van der Waals surface area contributed by atoms with Crippen molar-refractivity contribution < 1.29 is 0 Å². The van der Waals surface area contributed by atoms with Gasteiger partial charge in [-0.15, -0.1) is 11.3 Å². The average molecular weight is 303 g/mol. The van der Waals surface area contributed by atoms with Gasteiger partial charge in [-0.2, -0.15) is 0 Å². The fourth-order valence-corrected chi connectivity index (χ4v) is 3.13. The van der Waals surface area contributed by atoms with Crippen LogP contribution in [0.15, 0.2) is 24.4 Å². The van der Waals surface area contributed by atoms with Gasteiger partial charge in [-0.3, -0.25) is 0 Å². The van der Waals surface area contributed by atoms with Crippen LogP contribution < -0.4 is 10.2 Å². The largest absolute Gasteiger partial charge is 0.321 e. The predicted octanol–water partition coefficient (Wildman–Crippen LogP) is 4.27. The summed E-state index contributed by atoms with van der Waals surface area (Å²) in [6.45, 7) is 10.6. The van der Waals surface area contributed by atoms with Crippen LogP contribution in [0.25, 0.3) is 0 Å². The molecule has 0 fully saturated rings. The van der Waals surface area contributed by atoms with Gasteiger partial charge >= 0.3 is 0 Å². The van der Waals surface area contributed by atoms with E-state index >= 15 is 0 Å². The zero-order valence-electron chi connectivity index (χ0n) is 13.6. The molecule has 0 unspecified atom stereocenters. The summed E-state index contributed by atoms with van der Waals surface area (Å²) in [6, 6.07) is 6.59. The first-order valence-corrected chi connectivity index (χ1v) is 8.25. The minimum Gasteiger partial charge on any atom is -0.321 e. The molecule has 0 aliphatic carbocycles. The summed E-state index contributed by atoms with van der Waals surface area (Å²) >= 11 is 1.75. The molecule has 2 aromatic rings. The van der Waals surface area contributed by atoms with Crippen LogP contribution >= 0.6 is 11.3 Å². The molecule has 1 N–H and O–H groups in total. The molecular weight excluding hydrogens is 278 g/mol. The molecule has 0 aliphatic rings. The van der Waals surface area contributed by atoms with E-state index in [1.807, 2.05) is 6.20 Å². The Hall–Kier alpha value is -1.39. The van der Waals surface area contributed by atoms with Crippen molar-refractivity contribution in [2.24, 2.45) is 5.92 Å². The smallest absolute Gasteiger partial charge is 0.189 e. The van der Waals surface area contributed by atoms with Crippen LogP contribution in [0.3, 0.4) is 0 Å². The van der Waals surface area contributed by atoms with E-state index < -0.39 is 0 Å². The van der Waals surface area contributed by atoms with Crippen molar-refractivity contribution in [2.75, 3.05) is 18.5 Å². The molecule has 0 bridgehead atoms. The van der Waals surface area contributed by atoms with Crippen molar-refractivity contribution in [1.82, 2.24) is 10.3 Å². The van der Waals surface area contributed by atoms with Gasteiger partial charge in [0.05, 0.1) is 0 Å². The van der Waals surface area contributed by atoms with Crippen molar-refractivity contribution >= 4 is 22.2 Å². The number of thiazole rings is 1. The molecule has 0 saturated carbocycles. The van der Waals surface area contributed by atoms with Crippen molar-refractivity contribution in [3.8, 4) is 0 Å². The molecule has 1 aromatic heterocycles. The van der Waals surface area contributed by atoms with E-state index in [2.05, 4.69) is 68.1 Å². The standard InChI is InChI=1S/C17H25N3S/c1-12(2)9-18-10-16-11-19-17(21-16)20(5)15-7-13(3)6-14(4)8-15/h6-8,11-12,18H,9-10H2,1-5H3. The van der Waals surface area contributed by atoms with Gasteiger partial charge in [0.15, 0.2) is 5.13 Å². The molecule has 0 amide bonds. The molecule has 21 heavy (non-hydrogen) atoms. The third kappa shape index (κ3) is 4.55. The summed E-state index contributed by atoms with van der Waals surface area (Å²) in [4.78, 5) is 8.00. The second-order valence-electron chi connectivity index (χ2n) is 6.04. The summed E-state index contributed by atoms with van der Waals surface area (Å²) in [5, 5.41) is 4.51. The summed E-state index contributed by atoms with van der Waals surface area (Å²) in [6.07, 6.45) is 1.98. The van der Waals surface area contributed by atoms with Crippen LogP contribution in [-0.2, 0) is 6.54 Å². The number of anilines is 2. The van der Waals surface area contributed by atoms with E-state index in [9.17, 15) is 0 Å². The van der Waals surface area contributed by atoms with Gasteiger partial charge in [0, 0.05) is 30.4 Å². The van der Waals surface area contributed by atoms with Gasteiger partial charge in [0.1, 0.15) is 0 Å². The van der Waals surface area contributed by atoms with Crippen LogP contribution in [0.2, 0.25) is 0 Å².